The molecule has 19 heavy (non-hydrogen) atoms. The SMILES string of the molecule is CCOCCNS(=O)(=O)CCOc1cccc(N)c1. The maximum Gasteiger partial charge on any atom is 0.215 e. The Hall–Kier alpha value is -1.31. The van der Waals surface area contributed by atoms with Crippen molar-refractivity contribution in [3.05, 3.63) is 24.3 Å². The average molecular weight is 288 g/mol. The fourth-order valence-corrected chi connectivity index (χ4v) is 2.20. The zero-order chi connectivity index (χ0) is 14.1. The Labute approximate surface area is 113 Å². The van der Waals surface area contributed by atoms with Crippen molar-refractivity contribution in [2.45, 2.75) is 6.92 Å². The molecule has 108 valence electrons. The first-order chi connectivity index (χ1) is 9.03. The standard InChI is InChI=1S/C12H20N2O4S/c1-2-17-7-6-14-19(15,16)9-8-18-12-5-3-4-11(13)10-12/h3-5,10,14H,2,6-9,13H2,1H3. The van der Waals surface area contributed by atoms with Crippen LogP contribution in [-0.4, -0.2) is 40.5 Å². The van der Waals surface area contributed by atoms with Crippen LogP contribution in [0, 0.1) is 0 Å². The summed E-state index contributed by atoms with van der Waals surface area (Å²) in [5.74, 6) is 0.456. The number of nitrogen functional groups attached to an aromatic ring is 1. The highest BCUT2D eigenvalue weighted by Crippen LogP contribution is 2.14. The smallest absolute Gasteiger partial charge is 0.215 e. The number of ether oxygens (including phenoxy) is 2. The zero-order valence-corrected chi connectivity index (χ0v) is 11.8. The fraction of sp³-hybridized carbons (Fsp3) is 0.500. The third-order valence-electron chi connectivity index (χ3n) is 2.25. The van der Waals surface area contributed by atoms with Crippen molar-refractivity contribution in [1.29, 1.82) is 0 Å². The first-order valence-electron chi connectivity index (χ1n) is 6.07. The van der Waals surface area contributed by atoms with E-state index in [0.717, 1.165) is 0 Å². The minimum absolute atomic E-state index is 0.0768. The Kier molecular flexibility index (Phi) is 6.61. The van der Waals surface area contributed by atoms with Crippen molar-refractivity contribution >= 4 is 15.7 Å². The molecule has 0 aliphatic rings. The van der Waals surface area contributed by atoms with E-state index in [2.05, 4.69) is 4.72 Å². The second-order valence-corrected chi connectivity index (χ2v) is 5.76. The Balaban J connectivity index is 2.27. The Morgan fingerprint density at radius 2 is 2.11 bits per heavy atom. The molecule has 0 unspecified atom stereocenters. The van der Waals surface area contributed by atoms with Gasteiger partial charge < -0.3 is 15.2 Å². The van der Waals surface area contributed by atoms with Crippen molar-refractivity contribution in [1.82, 2.24) is 4.72 Å². The van der Waals surface area contributed by atoms with Crippen LogP contribution in [0.15, 0.2) is 24.3 Å². The van der Waals surface area contributed by atoms with Crippen LogP contribution >= 0.6 is 0 Å². The molecule has 0 aliphatic carbocycles. The summed E-state index contributed by atoms with van der Waals surface area (Å²) in [5.41, 5.74) is 6.16. The average Bonchev–Trinajstić information content (AvgIpc) is 2.35. The van der Waals surface area contributed by atoms with E-state index in [0.29, 0.717) is 24.7 Å². The van der Waals surface area contributed by atoms with E-state index >= 15 is 0 Å². The highest BCUT2D eigenvalue weighted by molar-refractivity contribution is 7.89. The van der Waals surface area contributed by atoms with Crippen LogP contribution in [-0.2, 0) is 14.8 Å². The predicted molar refractivity (Wildman–Crippen MR) is 74.6 cm³/mol. The van der Waals surface area contributed by atoms with Gasteiger partial charge in [-0.1, -0.05) is 6.07 Å². The number of nitrogens with two attached hydrogens (primary N) is 1. The van der Waals surface area contributed by atoms with Crippen LogP contribution in [0.4, 0.5) is 5.69 Å². The molecule has 0 saturated heterocycles. The third kappa shape index (κ3) is 7.00. The first-order valence-corrected chi connectivity index (χ1v) is 7.72. The molecule has 0 saturated carbocycles. The van der Waals surface area contributed by atoms with Gasteiger partial charge >= 0.3 is 0 Å². The molecule has 3 N–H and O–H groups in total. The number of benzene rings is 1. The van der Waals surface area contributed by atoms with E-state index in [1.807, 2.05) is 6.92 Å². The number of rotatable bonds is 9. The molecule has 0 bridgehead atoms. The van der Waals surface area contributed by atoms with Gasteiger partial charge in [0, 0.05) is 24.9 Å². The summed E-state index contributed by atoms with van der Waals surface area (Å²) in [5, 5.41) is 0. The normalized spacial score (nSPS) is 11.4. The van der Waals surface area contributed by atoms with Crippen LogP contribution in [0.3, 0.4) is 0 Å². The Morgan fingerprint density at radius 1 is 1.32 bits per heavy atom. The van der Waals surface area contributed by atoms with Gasteiger partial charge in [-0.25, -0.2) is 13.1 Å². The fourth-order valence-electron chi connectivity index (χ4n) is 1.36. The molecule has 0 heterocycles. The maximum absolute atomic E-state index is 11.6. The van der Waals surface area contributed by atoms with Crippen molar-refractivity contribution in [2.24, 2.45) is 0 Å². The van der Waals surface area contributed by atoms with E-state index in [9.17, 15) is 8.42 Å². The summed E-state index contributed by atoms with van der Waals surface area (Å²) >= 11 is 0. The largest absolute Gasteiger partial charge is 0.492 e. The lowest BCUT2D eigenvalue weighted by Crippen LogP contribution is -2.31. The minimum atomic E-state index is -3.33. The summed E-state index contributed by atoms with van der Waals surface area (Å²) in [6, 6.07) is 6.86. The summed E-state index contributed by atoms with van der Waals surface area (Å²) in [4.78, 5) is 0. The van der Waals surface area contributed by atoms with Gasteiger partial charge in [0.15, 0.2) is 0 Å². The Bertz CT molecular complexity index is 476. The molecule has 1 aromatic rings. The van der Waals surface area contributed by atoms with E-state index in [4.69, 9.17) is 15.2 Å². The van der Waals surface area contributed by atoms with E-state index in [1.54, 1.807) is 24.3 Å². The predicted octanol–water partition coefficient (Wildman–Crippen LogP) is 0.604. The highest BCUT2D eigenvalue weighted by Gasteiger charge is 2.09. The maximum atomic E-state index is 11.6. The third-order valence-corrected chi connectivity index (χ3v) is 3.60. The minimum Gasteiger partial charge on any atom is -0.492 e. The number of anilines is 1. The van der Waals surface area contributed by atoms with Gasteiger partial charge in [-0.05, 0) is 19.1 Å². The second kappa shape index (κ2) is 7.98. The summed E-state index contributed by atoms with van der Waals surface area (Å²) in [6.45, 7) is 3.14. The lowest BCUT2D eigenvalue weighted by atomic mass is 10.3. The molecular formula is C12H20N2O4S. The lowest BCUT2D eigenvalue weighted by Gasteiger charge is -2.08. The van der Waals surface area contributed by atoms with E-state index in [-0.39, 0.29) is 18.9 Å². The van der Waals surface area contributed by atoms with E-state index < -0.39 is 10.0 Å². The topological polar surface area (TPSA) is 90.6 Å². The van der Waals surface area contributed by atoms with Crippen LogP contribution in [0.2, 0.25) is 0 Å². The van der Waals surface area contributed by atoms with Crippen LogP contribution in [0.25, 0.3) is 0 Å². The lowest BCUT2D eigenvalue weighted by molar-refractivity contribution is 0.153. The summed E-state index contributed by atoms with van der Waals surface area (Å²) < 4.78 is 36.0. The van der Waals surface area contributed by atoms with Crippen molar-refractivity contribution < 1.29 is 17.9 Å². The van der Waals surface area contributed by atoms with Gasteiger partial charge in [-0.3, -0.25) is 0 Å². The van der Waals surface area contributed by atoms with Crippen LogP contribution in [0.1, 0.15) is 6.92 Å². The van der Waals surface area contributed by atoms with Crippen LogP contribution < -0.4 is 15.2 Å². The monoisotopic (exact) mass is 288 g/mol. The summed E-state index contributed by atoms with van der Waals surface area (Å²) in [6.07, 6.45) is 0. The van der Waals surface area contributed by atoms with Crippen molar-refractivity contribution in [2.75, 3.05) is 37.9 Å². The molecule has 0 amide bonds. The molecule has 0 aromatic heterocycles. The van der Waals surface area contributed by atoms with E-state index in [1.165, 1.54) is 0 Å². The van der Waals surface area contributed by atoms with Crippen LogP contribution in [0.5, 0.6) is 5.75 Å². The molecule has 0 fully saturated rings. The number of sulfonamides is 1. The number of nitrogens with one attached hydrogen (secondary N) is 1. The van der Waals surface area contributed by atoms with Gasteiger partial charge in [-0.2, -0.15) is 0 Å². The molecular weight excluding hydrogens is 268 g/mol. The zero-order valence-electron chi connectivity index (χ0n) is 11.0. The molecule has 6 nitrogen and oxygen atoms in total. The highest BCUT2D eigenvalue weighted by atomic mass is 32.2. The Morgan fingerprint density at radius 3 is 2.79 bits per heavy atom. The molecule has 0 radical (unpaired) electrons. The molecule has 0 aliphatic heterocycles. The number of hydrogen-bond acceptors (Lipinski definition) is 5. The molecule has 0 spiro atoms. The molecule has 7 heteroatoms. The van der Waals surface area contributed by atoms with Crippen molar-refractivity contribution in [3.8, 4) is 5.75 Å². The summed E-state index contributed by atoms with van der Waals surface area (Å²) in [7, 11) is -3.33. The van der Waals surface area contributed by atoms with Gasteiger partial charge in [0.05, 0.1) is 12.4 Å². The molecule has 0 atom stereocenters. The van der Waals surface area contributed by atoms with Gasteiger partial charge in [-0.15, -0.1) is 0 Å². The second-order valence-electron chi connectivity index (χ2n) is 3.83. The molecule has 1 rings (SSSR count). The quantitative estimate of drug-likeness (QED) is 0.513. The van der Waals surface area contributed by atoms with Gasteiger partial charge in [0.25, 0.3) is 0 Å². The van der Waals surface area contributed by atoms with Gasteiger partial charge in [0.1, 0.15) is 12.4 Å². The van der Waals surface area contributed by atoms with Crippen molar-refractivity contribution in [3.63, 3.8) is 0 Å². The molecule has 1 aromatic carbocycles. The van der Waals surface area contributed by atoms with Gasteiger partial charge in [0.2, 0.25) is 10.0 Å². The number of hydrogen-bond donors (Lipinski definition) is 2. The first kappa shape index (κ1) is 15.7.